The number of nitrogens with zero attached hydrogens (tertiary/aromatic N) is 2. The Bertz CT molecular complexity index is 586. The fourth-order valence-electron chi connectivity index (χ4n) is 1.51. The minimum absolute atomic E-state index is 0.0152. The Hall–Kier alpha value is -2.24. The second-order valence-corrected chi connectivity index (χ2v) is 3.38. The zero-order valence-electron chi connectivity index (χ0n) is 8.98. The van der Waals surface area contributed by atoms with Crippen molar-refractivity contribution in [1.82, 2.24) is 9.97 Å². The van der Waals surface area contributed by atoms with Crippen LogP contribution in [0.25, 0.3) is 11.0 Å². The van der Waals surface area contributed by atoms with Gasteiger partial charge >= 0.3 is 5.97 Å². The van der Waals surface area contributed by atoms with E-state index in [1.54, 1.807) is 12.1 Å². The second kappa shape index (κ2) is 4.32. The predicted octanol–water partition coefficient (Wildman–Crippen LogP) is 1.40. The van der Waals surface area contributed by atoms with Gasteiger partial charge in [0.05, 0.1) is 30.8 Å². The number of carboxylic acids is 1. The van der Waals surface area contributed by atoms with Gasteiger partial charge in [0.2, 0.25) is 5.88 Å². The third-order valence-corrected chi connectivity index (χ3v) is 2.28. The molecule has 0 aliphatic rings. The molecule has 0 unspecified atom stereocenters. The van der Waals surface area contributed by atoms with Crippen molar-refractivity contribution < 1.29 is 19.0 Å². The first-order valence-electron chi connectivity index (χ1n) is 4.81. The monoisotopic (exact) mass is 236 g/mol. The number of carbonyl (C=O) groups is 1. The predicted molar refractivity (Wildman–Crippen MR) is 57.4 cm³/mol. The number of aliphatic carboxylic acids is 1. The lowest BCUT2D eigenvalue weighted by Crippen LogP contribution is -2.05. The highest BCUT2D eigenvalue weighted by Crippen LogP contribution is 2.21. The molecule has 17 heavy (non-hydrogen) atoms. The van der Waals surface area contributed by atoms with E-state index in [2.05, 4.69) is 9.97 Å². The van der Waals surface area contributed by atoms with E-state index in [9.17, 15) is 9.18 Å². The Morgan fingerprint density at radius 1 is 1.53 bits per heavy atom. The van der Waals surface area contributed by atoms with Gasteiger partial charge in [-0.2, -0.15) is 0 Å². The molecule has 0 atom stereocenters. The van der Waals surface area contributed by atoms with Crippen molar-refractivity contribution in [3.63, 3.8) is 0 Å². The van der Waals surface area contributed by atoms with E-state index in [1.807, 2.05) is 0 Å². The quantitative estimate of drug-likeness (QED) is 0.872. The number of carboxylic acid groups (broad SMARTS) is 1. The minimum atomic E-state index is -1.12. The average molecular weight is 236 g/mol. The first-order chi connectivity index (χ1) is 8.11. The topological polar surface area (TPSA) is 72.3 Å². The molecule has 2 aromatic rings. The molecule has 2 rings (SSSR count). The van der Waals surface area contributed by atoms with Crippen LogP contribution in [0.3, 0.4) is 0 Å². The molecule has 0 aliphatic carbocycles. The molecule has 0 saturated carbocycles. The van der Waals surface area contributed by atoms with Crippen molar-refractivity contribution in [2.75, 3.05) is 7.11 Å². The molecule has 0 fully saturated rings. The van der Waals surface area contributed by atoms with E-state index in [1.165, 1.54) is 7.11 Å². The summed E-state index contributed by atoms with van der Waals surface area (Å²) in [5, 5.41) is 8.73. The Balaban J connectivity index is 2.68. The molecule has 0 spiro atoms. The summed E-state index contributed by atoms with van der Waals surface area (Å²) in [6.45, 7) is 0. The summed E-state index contributed by atoms with van der Waals surface area (Å²) < 4.78 is 18.4. The highest BCUT2D eigenvalue weighted by atomic mass is 19.1. The highest BCUT2D eigenvalue weighted by Gasteiger charge is 2.14. The number of ether oxygens (including phenoxy) is 1. The van der Waals surface area contributed by atoms with Crippen LogP contribution in [-0.2, 0) is 11.2 Å². The van der Waals surface area contributed by atoms with Gasteiger partial charge in [0.25, 0.3) is 0 Å². The molecule has 5 nitrogen and oxygen atoms in total. The first kappa shape index (κ1) is 11.3. The van der Waals surface area contributed by atoms with Crippen LogP contribution < -0.4 is 4.74 Å². The van der Waals surface area contributed by atoms with E-state index in [0.717, 1.165) is 6.20 Å². The van der Waals surface area contributed by atoms with Crippen LogP contribution in [0.2, 0.25) is 0 Å². The molecule has 1 N–H and O–H groups in total. The molecule has 0 saturated heterocycles. The Morgan fingerprint density at radius 2 is 2.29 bits per heavy atom. The number of methoxy groups -OCH3 is 1. The maximum Gasteiger partial charge on any atom is 0.308 e. The Kier molecular flexibility index (Phi) is 2.86. The van der Waals surface area contributed by atoms with Gasteiger partial charge in [-0.05, 0) is 6.07 Å². The van der Waals surface area contributed by atoms with Crippen LogP contribution in [0.15, 0.2) is 18.3 Å². The third-order valence-electron chi connectivity index (χ3n) is 2.28. The smallest absolute Gasteiger partial charge is 0.308 e. The number of halogens is 1. The molecule has 0 radical (unpaired) electrons. The summed E-state index contributed by atoms with van der Waals surface area (Å²) in [4.78, 5) is 18.5. The molecule has 0 aliphatic heterocycles. The van der Waals surface area contributed by atoms with E-state index in [-0.39, 0.29) is 17.0 Å². The van der Waals surface area contributed by atoms with E-state index < -0.39 is 18.2 Å². The summed E-state index contributed by atoms with van der Waals surface area (Å²) in [5.41, 5.74) is 0.664. The zero-order chi connectivity index (χ0) is 12.4. The maximum absolute atomic E-state index is 13.5. The van der Waals surface area contributed by atoms with Crippen molar-refractivity contribution >= 4 is 17.0 Å². The van der Waals surface area contributed by atoms with Crippen molar-refractivity contribution in [1.29, 1.82) is 0 Å². The van der Waals surface area contributed by atoms with Gasteiger partial charge in [-0.15, -0.1) is 0 Å². The number of pyridine rings is 2. The summed E-state index contributed by atoms with van der Waals surface area (Å²) in [5.74, 6) is -1.52. The average Bonchev–Trinajstić information content (AvgIpc) is 2.32. The number of rotatable bonds is 3. The summed E-state index contributed by atoms with van der Waals surface area (Å²) in [6.07, 6.45) is 0.555. The number of aromatic nitrogens is 2. The van der Waals surface area contributed by atoms with Crippen LogP contribution in [0.1, 0.15) is 5.56 Å². The van der Waals surface area contributed by atoms with Gasteiger partial charge in [0.1, 0.15) is 5.82 Å². The molecule has 2 aromatic heterocycles. The molecule has 0 aromatic carbocycles. The van der Waals surface area contributed by atoms with Gasteiger partial charge in [-0.3, -0.25) is 9.78 Å². The molecule has 0 amide bonds. The lowest BCUT2D eigenvalue weighted by atomic mass is 10.1. The zero-order valence-corrected chi connectivity index (χ0v) is 8.98. The van der Waals surface area contributed by atoms with Crippen LogP contribution in [-0.4, -0.2) is 28.2 Å². The fourth-order valence-corrected chi connectivity index (χ4v) is 1.51. The number of hydrogen-bond acceptors (Lipinski definition) is 4. The standard InChI is InChI=1S/C11H9FN2O3/c1-17-9-3-2-8-11(14-9)6(4-10(15)16)7(12)5-13-8/h2-3,5H,4H2,1H3,(H,15,16). The summed E-state index contributed by atoms with van der Waals surface area (Å²) in [6, 6.07) is 3.18. The Morgan fingerprint density at radius 3 is 2.94 bits per heavy atom. The second-order valence-electron chi connectivity index (χ2n) is 3.38. The van der Waals surface area contributed by atoms with Crippen LogP contribution in [0, 0.1) is 5.82 Å². The molecular weight excluding hydrogens is 227 g/mol. The van der Waals surface area contributed by atoms with Gasteiger partial charge < -0.3 is 9.84 Å². The highest BCUT2D eigenvalue weighted by molar-refractivity contribution is 5.83. The SMILES string of the molecule is COc1ccc2ncc(F)c(CC(=O)O)c2n1. The summed E-state index contributed by atoms with van der Waals surface area (Å²) >= 11 is 0. The van der Waals surface area contributed by atoms with E-state index in [4.69, 9.17) is 9.84 Å². The van der Waals surface area contributed by atoms with Crippen molar-refractivity contribution in [2.24, 2.45) is 0 Å². The fraction of sp³-hybridized carbons (Fsp3) is 0.182. The molecule has 0 bridgehead atoms. The minimum Gasteiger partial charge on any atom is -0.481 e. The van der Waals surface area contributed by atoms with Crippen molar-refractivity contribution in [3.05, 3.63) is 29.7 Å². The van der Waals surface area contributed by atoms with Gasteiger partial charge in [-0.1, -0.05) is 0 Å². The summed E-state index contributed by atoms with van der Waals surface area (Å²) in [7, 11) is 1.43. The normalized spacial score (nSPS) is 10.5. The largest absolute Gasteiger partial charge is 0.481 e. The molecule has 2 heterocycles. The van der Waals surface area contributed by atoms with E-state index >= 15 is 0 Å². The van der Waals surface area contributed by atoms with Crippen molar-refractivity contribution in [3.8, 4) is 5.88 Å². The number of hydrogen-bond donors (Lipinski definition) is 1. The first-order valence-corrected chi connectivity index (χ1v) is 4.81. The van der Waals surface area contributed by atoms with Crippen LogP contribution >= 0.6 is 0 Å². The lowest BCUT2D eigenvalue weighted by molar-refractivity contribution is -0.136. The molecular formula is C11H9FN2O3. The third kappa shape index (κ3) is 2.15. The molecule has 88 valence electrons. The van der Waals surface area contributed by atoms with Gasteiger partial charge in [0, 0.05) is 11.6 Å². The lowest BCUT2D eigenvalue weighted by Gasteiger charge is -2.06. The van der Waals surface area contributed by atoms with Crippen LogP contribution in [0.4, 0.5) is 4.39 Å². The van der Waals surface area contributed by atoms with E-state index in [0.29, 0.717) is 5.52 Å². The molecule has 6 heteroatoms. The van der Waals surface area contributed by atoms with Gasteiger partial charge in [-0.25, -0.2) is 9.37 Å². The van der Waals surface area contributed by atoms with Crippen LogP contribution in [0.5, 0.6) is 5.88 Å². The van der Waals surface area contributed by atoms with Gasteiger partial charge in [0.15, 0.2) is 0 Å². The Labute approximate surface area is 95.9 Å². The maximum atomic E-state index is 13.5. The van der Waals surface area contributed by atoms with Crippen molar-refractivity contribution in [2.45, 2.75) is 6.42 Å². The number of fused-ring (bicyclic) bond motifs is 1.